The van der Waals surface area contributed by atoms with Gasteiger partial charge in [0.05, 0.1) is 0 Å². The fourth-order valence-electron chi connectivity index (χ4n) is 2.45. The zero-order valence-electron chi connectivity index (χ0n) is 13.0. The Hall–Kier alpha value is -2.54. The first kappa shape index (κ1) is 17.8. The molecule has 0 saturated heterocycles. The van der Waals surface area contributed by atoms with Crippen molar-refractivity contribution in [1.29, 1.82) is 0 Å². The Labute approximate surface area is 137 Å². The number of carbonyl (C=O) groups is 1. The van der Waals surface area contributed by atoms with Crippen LogP contribution in [-0.2, 0) is 11.3 Å². The van der Waals surface area contributed by atoms with Crippen LogP contribution in [0.5, 0.6) is 5.75 Å². The van der Waals surface area contributed by atoms with Gasteiger partial charge in [0.2, 0.25) is 5.91 Å². The van der Waals surface area contributed by atoms with Crippen LogP contribution in [-0.4, -0.2) is 24.2 Å². The van der Waals surface area contributed by atoms with Gasteiger partial charge in [0.15, 0.2) is 0 Å². The lowest BCUT2D eigenvalue weighted by atomic mass is 10.0. The molecular weight excluding hydrogens is 321 g/mol. The number of rotatable bonds is 6. The molecule has 0 bridgehead atoms. The van der Waals surface area contributed by atoms with Crippen LogP contribution >= 0.6 is 0 Å². The van der Waals surface area contributed by atoms with E-state index in [1.54, 1.807) is 24.1 Å². The Morgan fingerprint density at radius 1 is 1.12 bits per heavy atom. The Morgan fingerprint density at radius 2 is 1.71 bits per heavy atom. The second kappa shape index (κ2) is 7.35. The quantitative estimate of drug-likeness (QED) is 0.880. The van der Waals surface area contributed by atoms with E-state index in [-0.39, 0.29) is 5.75 Å². The van der Waals surface area contributed by atoms with Gasteiger partial charge in [0.25, 0.3) is 0 Å². The van der Waals surface area contributed by atoms with E-state index in [0.29, 0.717) is 6.54 Å². The molecule has 2 aromatic rings. The van der Waals surface area contributed by atoms with Crippen molar-refractivity contribution in [3.8, 4) is 5.75 Å². The van der Waals surface area contributed by atoms with Gasteiger partial charge in [0.1, 0.15) is 11.8 Å². The summed E-state index contributed by atoms with van der Waals surface area (Å²) in [5.41, 5.74) is 6.98. The molecule has 0 aliphatic rings. The molecule has 4 nitrogen and oxygen atoms in total. The number of halogens is 3. The topological polar surface area (TPSA) is 55.6 Å². The first-order chi connectivity index (χ1) is 11.3. The molecule has 24 heavy (non-hydrogen) atoms. The third-order valence-corrected chi connectivity index (χ3v) is 3.41. The van der Waals surface area contributed by atoms with Crippen LogP contribution in [0.4, 0.5) is 13.2 Å². The number of hydrogen-bond donors (Lipinski definition) is 1. The summed E-state index contributed by atoms with van der Waals surface area (Å²) in [6.07, 6.45) is -4.72. The van der Waals surface area contributed by atoms with Crippen molar-refractivity contribution in [2.45, 2.75) is 18.9 Å². The molecule has 2 aromatic carbocycles. The van der Waals surface area contributed by atoms with Gasteiger partial charge in [-0.15, -0.1) is 13.2 Å². The second-order valence-electron chi connectivity index (χ2n) is 5.32. The molecule has 1 atom stereocenters. The fourth-order valence-corrected chi connectivity index (χ4v) is 2.45. The Bertz CT molecular complexity index is 672. The Morgan fingerprint density at radius 3 is 2.21 bits per heavy atom. The van der Waals surface area contributed by atoms with Crippen LogP contribution in [0.1, 0.15) is 17.2 Å². The summed E-state index contributed by atoms with van der Waals surface area (Å²) in [5.74, 6) is -0.788. The lowest BCUT2D eigenvalue weighted by Crippen LogP contribution is -2.34. The van der Waals surface area contributed by atoms with Crippen molar-refractivity contribution >= 4 is 5.91 Å². The molecule has 0 spiro atoms. The smallest absolute Gasteiger partial charge is 0.406 e. The summed E-state index contributed by atoms with van der Waals surface area (Å²) < 4.78 is 40.3. The lowest BCUT2D eigenvalue weighted by Gasteiger charge is -2.26. The first-order valence-corrected chi connectivity index (χ1v) is 7.15. The summed E-state index contributed by atoms with van der Waals surface area (Å²) >= 11 is 0. The van der Waals surface area contributed by atoms with Gasteiger partial charge < -0.3 is 10.5 Å². The average Bonchev–Trinajstić information content (AvgIpc) is 2.48. The normalized spacial score (nSPS) is 12.9. The predicted molar refractivity (Wildman–Crippen MR) is 83.0 cm³/mol. The molecule has 2 N–H and O–H groups in total. The minimum atomic E-state index is -4.72. The van der Waals surface area contributed by atoms with Gasteiger partial charge in [-0.25, -0.2) is 0 Å². The van der Waals surface area contributed by atoms with Crippen LogP contribution in [0.2, 0.25) is 0 Å². The van der Waals surface area contributed by atoms with E-state index < -0.39 is 18.3 Å². The van der Waals surface area contributed by atoms with E-state index in [1.165, 1.54) is 24.3 Å². The monoisotopic (exact) mass is 338 g/mol. The zero-order chi connectivity index (χ0) is 17.7. The zero-order valence-corrected chi connectivity index (χ0v) is 13.0. The van der Waals surface area contributed by atoms with Crippen molar-refractivity contribution in [3.63, 3.8) is 0 Å². The van der Waals surface area contributed by atoms with Gasteiger partial charge in [-0.3, -0.25) is 9.69 Å². The maximum absolute atomic E-state index is 12.2. The number of likely N-dealkylation sites (N-methyl/N-ethyl adjacent to an activating group) is 1. The van der Waals surface area contributed by atoms with Crippen LogP contribution in [0, 0.1) is 0 Å². The highest BCUT2D eigenvalue weighted by Crippen LogP contribution is 2.24. The Balaban J connectivity index is 2.10. The van der Waals surface area contributed by atoms with Gasteiger partial charge in [-0.2, -0.15) is 0 Å². The van der Waals surface area contributed by atoms with Gasteiger partial charge in [-0.1, -0.05) is 42.5 Å². The predicted octanol–water partition coefficient (Wildman–Crippen LogP) is 3.24. The summed E-state index contributed by atoms with van der Waals surface area (Å²) in [4.78, 5) is 13.5. The molecular formula is C17H17F3N2O2. The summed E-state index contributed by atoms with van der Waals surface area (Å²) in [7, 11) is 1.72. The van der Waals surface area contributed by atoms with E-state index in [2.05, 4.69) is 4.74 Å². The number of amides is 1. The first-order valence-electron chi connectivity index (χ1n) is 7.15. The van der Waals surface area contributed by atoms with Crippen LogP contribution in [0.25, 0.3) is 0 Å². The lowest BCUT2D eigenvalue weighted by molar-refractivity contribution is -0.274. The highest BCUT2D eigenvalue weighted by atomic mass is 19.4. The van der Waals surface area contributed by atoms with Crippen molar-refractivity contribution in [1.82, 2.24) is 4.90 Å². The van der Waals surface area contributed by atoms with Crippen molar-refractivity contribution in [2.75, 3.05) is 7.05 Å². The molecule has 7 heteroatoms. The van der Waals surface area contributed by atoms with Crippen LogP contribution < -0.4 is 10.5 Å². The van der Waals surface area contributed by atoms with Gasteiger partial charge in [-0.05, 0) is 30.3 Å². The number of benzene rings is 2. The van der Waals surface area contributed by atoms with Gasteiger partial charge >= 0.3 is 6.36 Å². The van der Waals surface area contributed by atoms with Crippen molar-refractivity contribution in [3.05, 3.63) is 65.7 Å². The molecule has 1 unspecified atom stereocenters. The molecule has 0 aliphatic heterocycles. The van der Waals surface area contributed by atoms with Crippen LogP contribution in [0.15, 0.2) is 54.6 Å². The molecule has 0 fully saturated rings. The van der Waals surface area contributed by atoms with Crippen molar-refractivity contribution < 1.29 is 22.7 Å². The van der Waals surface area contributed by atoms with E-state index in [4.69, 9.17) is 5.73 Å². The van der Waals surface area contributed by atoms with E-state index in [1.807, 2.05) is 18.2 Å². The molecule has 0 heterocycles. The molecule has 128 valence electrons. The average molecular weight is 338 g/mol. The third-order valence-electron chi connectivity index (χ3n) is 3.41. The number of ether oxygens (including phenoxy) is 1. The van der Waals surface area contributed by atoms with Gasteiger partial charge in [0, 0.05) is 6.54 Å². The molecule has 1 amide bonds. The molecule has 0 radical (unpaired) electrons. The van der Waals surface area contributed by atoms with Crippen LogP contribution in [0.3, 0.4) is 0 Å². The number of alkyl halides is 3. The summed E-state index contributed by atoms with van der Waals surface area (Å²) in [6.45, 7) is 0.342. The molecule has 2 rings (SSSR count). The number of primary amides is 1. The second-order valence-corrected chi connectivity index (χ2v) is 5.32. The standard InChI is InChI=1S/C17H17F3N2O2/c1-22(15(16(21)23)13-5-3-2-4-6-13)11-12-7-9-14(10-8-12)24-17(18,19)20/h2-10,15H,11H2,1H3,(H2,21,23). The summed E-state index contributed by atoms with van der Waals surface area (Å²) in [5, 5.41) is 0. The summed E-state index contributed by atoms with van der Waals surface area (Å²) in [6, 6.07) is 13.9. The fraction of sp³-hybridized carbons (Fsp3) is 0.235. The minimum Gasteiger partial charge on any atom is -0.406 e. The number of nitrogens with zero attached hydrogens (tertiary/aromatic N) is 1. The maximum Gasteiger partial charge on any atom is 0.573 e. The largest absolute Gasteiger partial charge is 0.573 e. The number of carbonyl (C=O) groups excluding carboxylic acids is 1. The van der Waals surface area contributed by atoms with E-state index in [9.17, 15) is 18.0 Å². The maximum atomic E-state index is 12.2. The molecule has 0 aliphatic carbocycles. The molecule has 0 saturated carbocycles. The minimum absolute atomic E-state index is 0.289. The number of hydrogen-bond acceptors (Lipinski definition) is 3. The molecule has 0 aromatic heterocycles. The SMILES string of the molecule is CN(Cc1ccc(OC(F)(F)F)cc1)C(C(N)=O)c1ccccc1. The highest BCUT2D eigenvalue weighted by Gasteiger charge is 2.31. The highest BCUT2D eigenvalue weighted by molar-refractivity contribution is 5.81. The number of nitrogens with two attached hydrogens (primary N) is 1. The van der Waals surface area contributed by atoms with Crippen molar-refractivity contribution in [2.24, 2.45) is 5.73 Å². The van der Waals surface area contributed by atoms with E-state index >= 15 is 0 Å². The Kier molecular flexibility index (Phi) is 5.46. The third kappa shape index (κ3) is 4.99. The van der Waals surface area contributed by atoms with E-state index in [0.717, 1.165) is 11.1 Å².